The van der Waals surface area contributed by atoms with E-state index in [1.165, 1.54) is 48.4 Å². The van der Waals surface area contributed by atoms with E-state index in [0.29, 0.717) is 6.61 Å². The standard InChI is InChI=1S/C50H33N3OS/c1-32-13-5-4-12-28-54-47-27-22-37(31-40(32)47)52-44-19-11-10-18-38(44)41-29-34(20-25-45(41)52)35-21-26-46-42(30-35)39-23-24-43-49(48(39)53(46)36-16-8-3-9-17-36)55-50(51-43)33-14-6-2-7-15-33/h2-27,29-31H,1,28H2/b12-4-,13-5-. The van der Waals surface area contributed by atoms with Crippen LogP contribution in [0.3, 0.4) is 0 Å². The average Bonchev–Trinajstić information content (AvgIpc) is 3.94. The number of thiazole rings is 1. The van der Waals surface area contributed by atoms with Gasteiger partial charge >= 0.3 is 0 Å². The molecule has 0 aliphatic carbocycles. The van der Waals surface area contributed by atoms with Gasteiger partial charge in [0.25, 0.3) is 0 Å². The molecule has 10 aromatic rings. The summed E-state index contributed by atoms with van der Waals surface area (Å²) < 4.78 is 12.1. The summed E-state index contributed by atoms with van der Waals surface area (Å²) in [5, 5.41) is 5.90. The third-order valence-corrected chi connectivity index (χ3v) is 11.9. The van der Waals surface area contributed by atoms with Gasteiger partial charge in [0.2, 0.25) is 0 Å². The number of rotatable bonds is 4. The van der Waals surface area contributed by atoms with Crippen molar-refractivity contribution in [1.29, 1.82) is 0 Å². The predicted molar refractivity (Wildman–Crippen MR) is 232 cm³/mol. The van der Waals surface area contributed by atoms with E-state index in [9.17, 15) is 0 Å². The number of allylic oxidation sites excluding steroid dienone is 4. The molecule has 0 radical (unpaired) electrons. The molecule has 0 saturated heterocycles. The smallest absolute Gasteiger partial charge is 0.127 e. The first-order chi connectivity index (χ1) is 27.2. The molecule has 4 nitrogen and oxygen atoms in total. The highest BCUT2D eigenvalue weighted by Crippen LogP contribution is 2.43. The highest BCUT2D eigenvalue weighted by molar-refractivity contribution is 7.22. The van der Waals surface area contributed by atoms with Crippen LogP contribution in [0.25, 0.3) is 92.5 Å². The van der Waals surface area contributed by atoms with Crippen molar-refractivity contribution in [2.24, 2.45) is 0 Å². The number of nitrogens with zero attached hydrogens (tertiary/aromatic N) is 3. The third kappa shape index (κ3) is 5.08. The highest BCUT2D eigenvalue weighted by Gasteiger charge is 2.20. The van der Waals surface area contributed by atoms with Crippen molar-refractivity contribution in [3.8, 4) is 38.8 Å². The van der Waals surface area contributed by atoms with Gasteiger partial charge in [-0.1, -0.05) is 104 Å². The molecule has 0 fully saturated rings. The summed E-state index contributed by atoms with van der Waals surface area (Å²) in [6.07, 6.45) is 8.08. The van der Waals surface area contributed by atoms with Crippen LogP contribution >= 0.6 is 11.3 Å². The van der Waals surface area contributed by atoms with Gasteiger partial charge in [-0.3, -0.25) is 0 Å². The second-order valence-corrected chi connectivity index (χ2v) is 15.0. The fourth-order valence-corrected chi connectivity index (χ4v) is 9.32. The van der Waals surface area contributed by atoms with Crippen molar-refractivity contribution in [3.05, 3.63) is 188 Å². The van der Waals surface area contributed by atoms with Crippen LogP contribution in [0.2, 0.25) is 0 Å². The fraction of sp³-hybridized carbons (Fsp3) is 0.0200. The van der Waals surface area contributed by atoms with E-state index in [-0.39, 0.29) is 0 Å². The SMILES string of the molecule is C=C1/C=C\C=C/COc2ccc(-n3c4ccccc4c4cc(-c5ccc6c(c5)c5ccc7nc(-c8ccccc8)sc7c5n6-c5ccccc5)ccc43)cc21. The minimum Gasteiger partial charge on any atom is -0.489 e. The Morgan fingerprint density at radius 3 is 2.09 bits per heavy atom. The highest BCUT2D eigenvalue weighted by atomic mass is 32.1. The van der Waals surface area contributed by atoms with Gasteiger partial charge in [-0.25, -0.2) is 4.98 Å². The number of hydrogen-bond acceptors (Lipinski definition) is 3. The molecular formula is C50H33N3OS. The first-order valence-electron chi connectivity index (χ1n) is 18.5. The lowest BCUT2D eigenvalue weighted by Gasteiger charge is -2.14. The maximum absolute atomic E-state index is 6.11. The lowest BCUT2D eigenvalue weighted by molar-refractivity contribution is 0.362. The van der Waals surface area contributed by atoms with Crippen LogP contribution in [0.1, 0.15) is 5.56 Å². The first-order valence-corrected chi connectivity index (χ1v) is 19.3. The number of fused-ring (bicyclic) bond motifs is 9. The molecule has 55 heavy (non-hydrogen) atoms. The van der Waals surface area contributed by atoms with Crippen molar-refractivity contribution in [3.63, 3.8) is 0 Å². The average molecular weight is 724 g/mol. The number of para-hydroxylation sites is 2. The summed E-state index contributed by atoms with van der Waals surface area (Å²) in [5.74, 6) is 0.838. The molecule has 1 aliphatic rings. The Kier molecular flexibility index (Phi) is 7.22. The van der Waals surface area contributed by atoms with Gasteiger partial charge in [-0.2, -0.15) is 0 Å². The quantitative estimate of drug-likeness (QED) is 0.181. The van der Waals surface area contributed by atoms with Crippen LogP contribution in [-0.4, -0.2) is 20.7 Å². The molecule has 0 atom stereocenters. The summed E-state index contributed by atoms with van der Waals surface area (Å²) in [6, 6.07) is 54.5. The molecule has 260 valence electrons. The lowest BCUT2D eigenvalue weighted by atomic mass is 10.0. The molecule has 1 aliphatic heterocycles. The van der Waals surface area contributed by atoms with Crippen LogP contribution in [0, 0.1) is 0 Å². The van der Waals surface area contributed by atoms with Crippen molar-refractivity contribution in [2.45, 2.75) is 0 Å². The van der Waals surface area contributed by atoms with E-state index < -0.39 is 0 Å². The fourth-order valence-electron chi connectivity index (χ4n) is 8.21. The number of ether oxygens (including phenoxy) is 1. The van der Waals surface area contributed by atoms with Crippen molar-refractivity contribution < 1.29 is 4.74 Å². The zero-order chi connectivity index (χ0) is 36.5. The van der Waals surface area contributed by atoms with E-state index in [1.54, 1.807) is 11.3 Å². The number of hydrogen-bond donors (Lipinski definition) is 0. The Hall–Kier alpha value is -6.95. The second kappa shape index (κ2) is 12.6. The minimum atomic E-state index is 0.519. The summed E-state index contributed by atoms with van der Waals surface area (Å²) >= 11 is 1.77. The third-order valence-electron chi connectivity index (χ3n) is 10.8. The Bertz CT molecular complexity index is 3220. The summed E-state index contributed by atoms with van der Waals surface area (Å²) in [4.78, 5) is 5.10. The van der Waals surface area contributed by atoms with Gasteiger partial charge in [-0.15, -0.1) is 11.3 Å². The minimum absolute atomic E-state index is 0.519. The van der Waals surface area contributed by atoms with Crippen LogP contribution in [0.4, 0.5) is 0 Å². The van der Waals surface area contributed by atoms with E-state index in [1.807, 2.05) is 24.3 Å². The Morgan fingerprint density at radius 1 is 0.564 bits per heavy atom. The first kappa shape index (κ1) is 31.6. The molecule has 0 unspecified atom stereocenters. The topological polar surface area (TPSA) is 32.0 Å². The molecule has 4 heterocycles. The molecule has 0 amide bonds. The van der Waals surface area contributed by atoms with Crippen LogP contribution in [0.5, 0.6) is 5.75 Å². The van der Waals surface area contributed by atoms with Crippen molar-refractivity contribution in [1.82, 2.24) is 14.1 Å². The van der Waals surface area contributed by atoms with Crippen LogP contribution in [-0.2, 0) is 0 Å². The monoisotopic (exact) mass is 723 g/mol. The number of benzene rings is 7. The van der Waals surface area contributed by atoms with Gasteiger partial charge in [0.15, 0.2) is 0 Å². The van der Waals surface area contributed by atoms with Gasteiger partial charge in [0, 0.05) is 44.0 Å². The van der Waals surface area contributed by atoms with Crippen LogP contribution in [0.15, 0.2) is 183 Å². The van der Waals surface area contributed by atoms with E-state index in [4.69, 9.17) is 9.72 Å². The van der Waals surface area contributed by atoms with Crippen LogP contribution < -0.4 is 4.74 Å². The van der Waals surface area contributed by atoms with E-state index in [0.717, 1.165) is 55.4 Å². The molecular weight excluding hydrogens is 691 g/mol. The molecule has 11 rings (SSSR count). The molecule has 5 heteroatoms. The second-order valence-electron chi connectivity index (χ2n) is 14.0. The lowest BCUT2D eigenvalue weighted by Crippen LogP contribution is -1.99. The van der Waals surface area contributed by atoms with Crippen molar-refractivity contribution in [2.75, 3.05) is 6.61 Å². The Balaban J connectivity index is 1.09. The number of aromatic nitrogens is 3. The van der Waals surface area contributed by atoms with Crippen molar-refractivity contribution >= 4 is 70.7 Å². The molecule has 0 spiro atoms. The van der Waals surface area contributed by atoms with E-state index in [2.05, 4.69) is 167 Å². The Morgan fingerprint density at radius 2 is 1.27 bits per heavy atom. The summed E-state index contributed by atoms with van der Waals surface area (Å²) in [5.41, 5.74) is 13.3. The molecule has 0 N–H and O–H groups in total. The Labute approximate surface area is 321 Å². The largest absolute Gasteiger partial charge is 0.489 e. The van der Waals surface area contributed by atoms with Gasteiger partial charge < -0.3 is 13.9 Å². The zero-order valence-corrected chi connectivity index (χ0v) is 30.6. The summed E-state index contributed by atoms with van der Waals surface area (Å²) in [6.45, 7) is 4.88. The maximum Gasteiger partial charge on any atom is 0.127 e. The molecule has 0 bridgehead atoms. The molecule has 0 saturated carbocycles. The molecule has 7 aromatic carbocycles. The van der Waals surface area contributed by atoms with Gasteiger partial charge in [0.05, 0.1) is 32.3 Å². The molecule has 3 aromatic heterocycles. The van der Waals surface area contributed by atoms with E-state index >= 15 is 0 Å². The maximum atomic E-state index is 6.11. The summed E-state index contributed by atoms with van der Waals surface area (Å²) in [7, 11) is 0. The van der Waals surface area contributed by atoms with Gasteiger partial charge in [-0.05, 0) is 95.6 Å². The normalized spacial score (nSPS) is 14.2. The van der Waals surface area contributed by atoms with Gasteiger partial charge in [0.1, 0.15) is 17.4 Å². The predicted octanol–water partition coefficient (Wildman–Crippen LogP) is 13.3. The zero-order valence-electron chi connectivity index (χ0n) is 29.8.